The zero-order valence-corrected chi connectivity index (χ0v) is 22.7. The van der Waals surface area contributed by atoms with E-state index in [1.54, 1.807) is 0 Å². The summed E-state index contributed by atoms with van der Waals surface area (Å²) in [7, 11) is 1.36. The van der Waals surface area contributed by atoms with Crippen molar-refractivity contribution in [3.05, 3.63) is 59.9 Å². The van der Waals surface area contributed by atoms with Crippen LogP contribution >= 0.6 is 17.1 Å². The van der Waals surface area contributed by atoms with E-state index in [-0.39, 0.29) is 17.5 Å². The van der Waals surface area contributed by atoms with Crippen molar-refractivity contribution in [2.24, 2.45) is 5.16 Å². The highest BCUT2D eigenvalue weighted by Crippen LogP contribution is 2.60. The maximum atomic E-state index is 13.4. The Balaban J connectivity index is 2.11. The molecule has 1 atom stereocenters. The number of carbonyl (C=O) groups excluding carboxylic acids is 1. The molecule has 0 saturated carbocycles. The predicted molar refractivity (Wildman–Crippen MR) is 143 cm³/mol. The number of unbranched alkanes of at least 4 members (excludes halogenated alkanes) is 3. The molecule has 0 bridgehead atoms. The van der Waals surface area contributed by atoms with Crippen LogP contribution in [0.1, 0.15) is 45.1 Å². The van der Waals surface area contributed by atoms with E-state index in [9.17, 15) is 9.18 Å². The van der Waals surface area contributed by atoms with Crippen molar-refractivity contribution in [2.45, 2.75) is 46.0 Å². The lowest BCUT2D eigenvalue weighted by atomic mass is 10.1. The van der Waals surface area contributed by atoms with Crippen LogP contribution in [0.3, 0.4) is 0 Å². The van der Waals surface area contributed by atoms with Gasteiger partial charge in [0.2, 0.25) is 5.90 Å². The fourth-order valence-electron chi connectivity index (χ4n) is 2.90. The van der Waals surface area contributed by atoms with Gasteiger partial charge < -0.3 is 23.9 Å². The van der Waals surface area contributed by atoms with E-state index in [0.717, 1.165) is 49.0 Å². The molecule has 11 heteroatoms. The van der Waals surface area contributed by atoms with Gasteiger partial charge in [-0.15, -0.1) is 0 Å². The average Bonchev–Trinajstić information content (AvgIpc) is 2.84. The van der Waals surface area contributed by atoms with Crippen molar-refractivity contribution in [1.29, 1.82) is 0 Å². The minimum atomic E-state index is -3.09. The molecule has 0 spiro atoms. The number of nitrogens with one attached hydrogen (secondary N) is 1. The topological polar surface area (TPSA) is 78.4 Å². The number of alkyl carbamates (subject to hydrolysis) is 1. The number of amides is 1. The number of benzene rings is 2. The largest absolute Gasteiger partial charge is 0.428 e. The summed E-state index contributed by atoms with van der Waals surface area (Å²) in [4.78, 5) is 17.0. The van der Waals surface area contributed by atoms with E-state index in [1.807, 2.05) is 31.2 Å². The van der Waals surface area contributed by atoms with Crippen LogP contribution in [0, 0.1) is 5.82 Å². The minimum Gasteiger partial charge on any atom is -0.428 e. The maximum absolute atomic E-state index is 13.4. The zero-order chi connectivity index (χ0) is 25.5. The molecule has 0 aliphatic carbocycles. The Morgan fingerprint density at radius 1 is 1.09 bits per heavy atom. The van der Waals surface area contributed by atoms with Gasteiger partial charge in [-0.05, 0) is 71.9 Å². The van der Waals surface area contributed by atoms with Crippen LogP contribution in [0.4, 0.5) is 9.18 Å². The molecule has 0 aromatic heterocycles. The van der Waals surface area contributed by atoms with E-state index in [4.69, 9.17) is 30.4 Å². The fraction of sp³-hybridized carbons (Fsp3) is 0.417. The third kappa shape index (κ3) is 10.9. The summed E-state index contributed by atoms with van der Waals surface area (Å²) in [5.74, 6) is 0.660. The number of oxime groups is 1. The predicted octanol–water partition coefficient (Wildman–Crippen LogP) is 7.07. The zero-order valence-electron chi connectivity index (χ0n) is 20.2. The summed E-state index contributed by atoms with van der Waals surface area (Å²) in [6.45, 7) is 4.64. The first kappa shape index (κ1) is 28.9. The van der Waals surface area contributed by atoms with E-state index >= 15 is 0 Å². The Kier molecular flexibility index (Phi) is 12.9. The van der Waals surface area contributed by atoms with Crippen LogP contribution in [0.25, 0.3) is 0 Å². The SMILES string of the molecule is CCCCCCNC(=O)OC(CSP(=S)(Oc1ccc(F)cc1)Oc1ccccc1CC)=NOC. The van der Waals surface area contributed by atoms with Gasteiger partial charge in [-0.25, -0.2) is 9.18 Å². The average molecular weight is 543 g/mol. The van der Waals surface area contributed by atoms with Crippen LogP contribution in [0.2, 0.25) is 0 Å². The first-order valence-electron chi connectivity index (χ1n) is 11.4. The summed E-state index contributed by atoms with van der Waals surface area (Å²) in [5.41, 5.74) is -2.13. The Morgan fingerprint density at radius 3 is 2.51 bits per heavy atom. The molecule has 0 aliphatic heterocycles. The normalized spacial score (nSPS) is 13.0. The Bertz CT molecular complexity index is 1010. The van der Waals surface area contributed by atoms with Crippen LogP contribution in [-0.2, 0) is 27.8 Å². The quantitative estimate of drug-likeness (QED) is 0.0899. The van der Waals surface area contributed by atoms with Gasteiger partial charge in [0.25, 0.3) is 0 Å². The number of para-hydroxylation sites is 1. The van der Waals surface area contributed by atoms with E-state index in [0.29, 0.717) is 18.0 Å². The summed E-state index contributed by atoms with van der Waals surface area (Å²) in [6, 6.07) is 13.1. The lowest BCUT2D eigenvalue weighted by Gasteiger charge is -2.24. The number of halogens is 1. The van der Waals surface area contributed by atoms with E-state index in [2.05, 4.69) is 17.4 Å². The van der Waals surface area contributed by atoms with Crippen molar-refractivity contribution < 1.29 is 27.8 Å². The molecule has 7 nitrogen and oxygen atoms in total. The van der Waals surface area contributed by atoms with Gasteiger partial charge in [0.15, 0.2) is 0 Å². The molecule has 35 heavy (non-hydrogen) atoms. The van der Waals surface area contributed by atoms with Crippen molar-refractivity contribution in [1.82, 2.24) is 5.32 Å². The highest BCUT2D eigenvalue weighted by molar-refractivity contribution is 8.68. The van der Waals surface area contributed by atoms with Gasteiger partial charge in [-0.3, -0.25) is 0 Å². The molecule has 192 valence electrons. The fourth-order valence-corrected chi connectivity index (χ4v) is 6.81. The number of hydrogen-bond acceptors (Lipinski definition) is 8. The molecule has 1 unspecified atom stereocenters. The molecule has 2 rings (SSSR count). The second kappa shape index (κ2) is 15.7. The first-order chi connectivity index (χ1) is 16.9. The number of nitrogens with zero attached hydrogens (tertiary/aromatic N) is 1. The molecule has 0 radical (unpaired) electrons. The number of carbonyl (C=O) groups is 1. The van der Waals surface area contributed by atoms with Gasteiger partial charge in [0.1, 0.15) is 24.4 Å². The molecule has 2 aromatic carbocycles. The van der Waals surface area contributed by atoms with Crippen molar-refractivity contribution >= 4 is 40.9 Å². The molecule has 0 aliphatic rings. The number of hydrogen-bond donors (Lipinski definition) is 1. The lowest BCUT2D eigenvalue weighted by Crippen LogP contribution is -2.28. The number of ether oxygens (including phenoxy) is 1. The van der Waals surface area contributed by atoms with Crippen LogP contribution in [0.15, 0.2) is 53.7 Å². The summed E-state index contributed by atoms with van der Waals surface area (Å²) in [5, 5.41) is 6.51. The summed E-state index contributed by atoms with van der Waals surface area (Å²) >= 11 is 6.95. The monoisotopic (exact) mass is 542 g/mol. The molecular formula is C24H32FN2O5PS2. The van der Waals surface area contributed by atoms with Gasteiger partial charge in [0, 0.05) is 6.54 Å². The van der Waals surface area contributed by atoms with Gasteiger partial charge in [-0.1, -0.05) is 56.5 Å². The second-order valence-electron chi connectivity index (χ2n) is 7.36. The number of rotatable bonds is 14. The van der Waals surface area contributed by atoms with Gasteiger partial charge in [-0.2, -0.15) is 0 Å². The number of aryl methyl sites for hydroxylation is 1. The minimum absolute atomic E-state index is 0.0212. The molecule has 0 fully saturated rings. The highest BCUT2D eigenvalue weighted by atomic mass is 32.9. The molecule has 2 aromatic rings. The molecule has 0 heterocycles. The first-order valence-corrected chi connectivity index (χ1v) is 15.6. The van der Waals surface area contributed by atoms with Gasteiger partial charge in [0.05, 0.1) is 5.75 Å². The lowest BCUT2D eigenvalue weighted by molar-refractivity contribution is 0.179. The Labute approximate surface area is 215 Å². The standard InChI is InChI=1S/C24H32FN2O5PS2/c1-4-6-7-10-17-26-24(28)30-23(27-29-3)18-35-33(34,31-21-15-13-20(25)14-16-21)32-22-12-9-8-11-19(22)5-2/h8-9,11-16H,4-7,10,17-18H2,1-3H3,(H,26,28). The summed E-state index contributed by atoms with van der Waals surface area (Å²) in [6.07, 6.45) is 4.25. The van der Waals surface area contributed by atoms with Crippen molar-refractivity contribution in [2.75, 3.05) is 19.4 Å². The third-order valence-electron chi connectivity index (χ3n) is 4.64. The summed E-state index contributed by atoms with van der Waals surface area (Å²) < 4.78 is 31.0. The van der Waals surface area contributed by atoms with Crippen LogP contribution in [-0.4, -0.2) is 31.4 Å². The van der Waals surface area contributed by atoms with Crippen molar-refractivity contribution in [3.8, 4) is 11.5 Å². The smallest absolute Gasteiger partial charge is 0.413 e. The third-order valence-corrected chi connectivity index (χ3v) is 9.37. The molecule has 1 N–H and O–H groups in total. The Hall–Kier alpha value is -2.29. The molecule has 0 saturated heterocycles. The Morgan fingerprint density at radius 2 is 1.83 bits per heavy atom. The van der Waals surface area contributed by atoms with E-state index in [1.165, 1.54) is 31.4 Å². The van der Waals surface area contributed by atoms with Gasteiger partial charge >= 0.3 is 11.8 Å². The molecule has 1 amide bonds. The van der Waals surface area contributed by atoms with Crippen LogP contribution in [0.5, 0.6) is 11.5 Å². The van der Waals surface area contributed by atoms with Crippen LogP contribution < -0.4 is 14.4 Å². The van der Waals surface area contributed by atoms with Crippen molar-refractivity contribution in [3.63, 3.8) is 0 Å². The molecular weight excluding hydrogens is 510 g/mol. The highest BCUT2D eigenvalue weighted by Gasteiger charge is 2.27. The van der Waals surface area contributed by atoms with E-state index < -0.39 is 11.8 Å². The second-order valence-corrected chi connectivity index (χ2v) is 13.5. The maximum Gasteiger partial charge on any atom is 0.413 e.